The van der Waals surface area contributed by atoms with Gasteiger partial charge < -0.3 is 0 Å². The first-order chi connectivity index (χ1) is 5.25. The third-order valence-electron chi connectivity index (χ3n) is 2.12. The van der Waals surface area contributed by atoms with E-state index in [0.29, 0.717) is 0 Å². The molecule has 11 heavy (non-hydrogen) atoms. The van der Waals surface area contributed by atoms with E-state index in [4.69, 9.17) is 0 Å². The lowest BCUT2D eigenvalue weighted by atomic mass is 10.2. The van der Waals surface area contributed by atoms with Gasteiger partial charge in [0, 0.05) is 0 Å². The van der Waals surface area contributed by atoms with Crippen molar-refractivity contribution in [1.29, 1.82) is 0 Å². The largest absolute Gasteiger partial charge is 0.296 e. The summed E-state index contributed by atoms with van der Waals surface area (Å²) in [6.07, 6.45) is 4.14. The Balaban J connectivity index is 2.01. The van der Waals surface area contributed by atoms with Crippen LogP contribution < -0.4 is 0 Å². The van der Waals surface area contributed by atoms with Crippen molar-refractivity contribution in [2.24, 2.45) is 0 Å². The van der Waals surface area contributed by atoms with Crippen molar-refractivity contribution in [1.82, 2.24) is 9.13 Å². The molecule has 1 atom stereocenters. The summed E-state index contributed by atoms with van der Waals surface area (Å²) in [5.74, 6) is 0. The second-order valence-corrected chi connectivity index (χ2v) is 6.44. The first-order valence-electron chi connectivity index (χ1n) is 4.34. The standard InChI is InChI=1S/C7H17IN2Si/c1-3-4-5-6-10-7(8)9(2)11-10/h7H,3-6,11H2,1-2H3. The van der Waals surface area contributed by atoms with Crippen LogP contribution in [0.1, 0.15) is 26.2 Å². The summed E-state index contributed by atoms with van der Waals surface area (Å²) in [7, 11) is 2.26. The zero-order valence-electron chi connectivity index (χ0n) is 7.39. The lowest BCUT2D eigenvalue weighted by Crippen LogP contribution is -2.61. The Kier molecular flexibility index (Phi) is 4.33. The molecule has 0 aromatic rings. The molecule has 0 aliphatic carbocycles. The number of halogens is 1. The quantitative estimate of drug-likeness (QED) is 0.251. The van der Waals surface area contributed by atoms with E-state index in [2.05, 4.69) is 45.7 Å². The highest BCUT2D eigenvalue weighted by molar-refractivity contribution is 14.1. The van der Waals surface area contributed by atoms with Crippen LogP contribution in [-0.2, 0) is 0 Å². The molecule has 2 nitrogen and oxygen atoms in total. The fourth-order valence-corrected chi connectivity index (χ4v) is 4.09. The SMILES string of the molecule is CCCCCN1[SiH2]N(C)C1I. The summed E-state index contributed by atoms with van der Waals surface area (Å²) >= 11 is 2.52. The molecule has 1 aliphatic heterocycles. The van der Waals surface area contributed by atoms with Crippen molar-refractivity contribution in [3.05, 3.63) is 0 Å². The monoisotopic (exact) mass is 284 g/mol. The number of alkyl halides is 1. The molecular weight excluding hydrogens is 267 g/mol. The molecule has 0 radical (unpaired) electrons. The second kappa shape index (κ2) is 4.79. The predicted octanol–water partition coefficient (Wildman–Crippen LogP) is 1.14. The van der Waals surface area contributed by atoms with Crippen LogP contribution in [0.25, 0.3) is 0 Å². The highest BCUT2D eigenvalue weighted by Crippen LogP contribution is 2.20. The van der Waals surface area contributed by atoms with Crippen molar-refractivity contribution in [2.45, 2.75) is 30.4 Å². The normalized spacial score (nSPS) is 29.2. The number of hydrogen-bond acceptors (Lipinski definition) is 2. The van der Waals surface area contributed by atoms with E-state index in [1.165, 1.54) is 25.8 Å². The third kappa shape index (κ3) is 2.68. The van der Waals surface area contributed by atoms with Gasteiger partial charge in [0.2, 0.25) is 0 Å². The number of unbranched alkanes of at least 4 members (excludes halogenated alkanes) is 2. The molecule has 0 aromatic heterocycles. The summed E-state index contributed by atoms with van der Waals surface area (Å²) in [6.45, 7) is 3.61. The van der Waals surface area contributed by atoms with Gasteiger partial charge in [-0.15, -0.1) is 0 Å². The van der Waals surface area contributed by atoms with Crippen molar-refractivity contribution < 1.29 is 0 Å². The van der Waals surface area contributed by atoms with E-state index >= 15 is 0 Å². The Morgan fingerprint density at radius 1 is 1.45 bits per heavy atom. The molecule has 0 amide bonds. The van der Waals surface area contributed by atoms with E-state index in [-0.39, 0.29) is 9.84 Å². The maximum Gasteiger partial charge on any atom is 0.176 e. The van der Waals surface area contributed by atoms with Gasteiger partial charge in [-0.05, 0) is 42.6 Å². The summed E-state index contributed by atoms with van der Waals surface area (Å²) < 4.78 is 5.86. The Labute approximate surface area is 85.4 Å². The molecule has 0 bridgehead atoms. The minimum Gasteiger partial charge on any atom is -0.296 e. The first-order valence-corrected chi connectivity index (χ1v) is 6.85. The van der Waals surface area contributed by atoms with Crippen LogP contribution in [0.3, 0.4) is 0 Å². The van der Waals surface area contributed by atoms with Crippen LogP contribution in [0.5, 0.6) is 0 Å². The van der Waals surface area contributed by atoms with E-state index in [9.17, 15) is 0 Å². The van der Waals surface area contributed by atoms with Gasteiger partial charge in [-0.2, -0.15) is 0 Å². The zero-order chi connectivity index (χ0) is 8.27. The maximum absolute atomic E-state index is 2.65. The average Bonchev–Trinajstić information content (AvgIpc) is 2.03. The van der Waals surface area contributed by atoms with Gasteiger partial charge in [-0.3, -0.25) is 9.13 Å². The molecular formula is C7H17IN2Si. The molecule has 1 unspecified atom stereocenters. The van der Waals surface area contributed by atoms with Crippen LogP contribution in [-0.4, -0.2) is 36.7 Å². The lowest BCUT2D eigenvalue weighted by Gasteiger charge is -2.45. The fraction of sp³-hybridized carbons (Fsp3) is 1.00. The van der Waals surface area contributed by atoms with Gasteiger partial charge in [0.15, 0.2) is 9.84 Å². The Bertz CT molecular complexity index is 123. The van der Waals surface area contributed by atoms with Crippen LogP contribution in [0.15, 0.2) is 0 Å². The van der Waals surface area contributed by atoms with Crippen molar-refractivity contribution >= 4 is 32.4 Å². The van der Waals surface area contributed by atoms with Crippen LogP contribution in [0.4, 0.5) is 0 Å². The van der Waals surface area contributed by atoms with Crippen LogP contribution in [0, 0.1) is 0 Å². The summed E-state index contributed by atoms with van der Waals surface area (Å²) in [5, 5.41) is 0. The molecule has 1 heterocycles. The van der Waals surface area contributed by atoms with Crippen molar-refractivity contribution in [2.75, 3.05) is 13.6 Å². The molecule has 0 saturated carbocycles. The van der Waals surface area contributed by atoms with E-state index < -0.39 is 0 Å². The number of nitrogens with zero attached hydrogens (tertiary/aromatic N) is 2. The van der Waals surface area contributed by atoms with Crippen molar-refractivity contribution in [3.8, 4) is 0 Å². The molecule has 1 fully saturated rings. The van der Waals surface area contributed by atoms with Gasteiger partial charge in [0.1, 0.15) is 4.17 Å². The van der Waals surface area contributed by atoms with E-state index in [1.54, 1.807) is 0 Å². The zero-order valence-corrected chi connectivity index (χ0v) is 11.0. The highest BCUT2D eigenvalue weighted by Gasteiger charge is 2.30. The minimum atomic E-state index is 0.0271. The third-order valence-corrected chi connectivity index (χ3v) is 7.16. The summed E-state index contributed by atoms with van der Waals surface area (Å²) in [4.78, 5) is 0. The van der Waals surface area contributed by atoms with E-state index in [1.807, 2.05) is 0 Å². The Morgan fingerprint density at radius 3 is 2.64 bits per heavy atom. The first kappa shape index (κ1) is 9.95. The van der Waals surface area contributed by atoms with Crippen LogP contribution in [0.2, 0.25) is 0 Å². The van der Waals surface area contributed by atoms with Gasteiger partial charge in [0.25, 0.3) is 0 Å². The molecule has 1 saturated heterocycles. The number of rotatable bonds is 4. The maximum atomic E-state index is 2.65. The Hall–Kier alpha value is 0.867. The lowest BCUT2D eigenvalue weighted by molar-refractivity contribution is 0.209. The molecule has 0 spiro atoms. The average molecular weight is 284 g/mol. The van der Waals surface area contributed by atoms with Crippen LogP contribution >= 0.6 is 22.6 Å². The number of hydrogen-bond donors (Lipinski definition) is 0. The van der Waals surface area contributed by atoms with E-state index in [0.717, 1.165) is 4.17 Å². The summed E-state index contributed by atoms with van der Waals surface area (Å²) in [6, 6.07) is 0. The molecule has 0 N–H and O–H groups in total. The smallest absolute Gasteiger partial charge is 0.176 e. The topological polar surface area (TPSA) is 6.48 Å². The molecule has 1 aliphatic rings. The predicted molar refractivity (Wildman–Crippen MR) is 60.3 cm³/mol. The molecule has 4 heteroatoms. The molecule has 66 valence electrons. The van der Waals surface area contributed by atoms with Gasteiger partial charge in [-0.1, -0.05) is 19.8 Å². The fourth-order valence-electron chi connectivity index (χ4n) is 1.35. The Morgan fingerprint density at radius 2 is 2.18 bits per heavy atom. The van der Waals surface area contributed by atoms with Gasteiger partial charge in [0.05, 0.1) is 0 Å². The molecule has 1 rings (SSSR count). The highest BCUT2D eigenvalue weighted by atomic mass is 127. The van der Waals surface area contributed by atoms with Gasteiger partial charge in [-0.25, -0.2) is 0 Å². The second-order valence-electron chi connectivity index (χ2n) is 3.23. The summed E-state index contributed by atoms with van der Waals surface area (Å²) in [5.41, 5.74) is 0. The van der Waals surface area contributed by atoms with Crippen molar-refractivity contribution in [3.63, 3.8) is 0 Å². The molecule has 0 aromatic carbocycles. The van der Waals surface area contributed by atoms with Gasteiger partial charge >= 0.3 is 0 Å². The minimum absolute atomic E-state index is 0.0271.